The number of nitrogens with zero attached hydrogens (tertiary/aromatic N) is 5. The van der Waals surface area contributed by atoms with E-state index < -0.39 is 0 Å². The second-order valence-electron chi connectivity index (χ2n) is 5.81. The van der Waals surface area contributed by atoms with Crippen molar-refractivity contribution in [2.45, 2.75) is 33.6 Å². The number of fused-ring (bicyclic) bond motifs is 1. The van der Waals surface area contributed by atoms with E-state index in [-0.39, 0.29) is 0 Å². The van der Waals surface area contributed by atoms with E-state index in [1.807, 2.05) is 10.9 Å². The molecule has 0 amide bonds. The van der Waals surface area contributed by atoms with E-state index in [4.69, 9.17) is 0 Å². The molecule has 2 aromatic heterocycles. The van der Waals surface area contributed by atoms with Crippen LogP contribution in [-0.4, -0.2) is 32.6 Å². The molecule has 0 unspecified atom stereocenters. The summed E-state index contributed by atoms with van der Waals surface area (Å²) in [5.41, 5.74) is 4.03. The minimum atomic E-state index is 0.859. The molecule has 0 spiro atoms. The maximum Gasteiger partial charge on any atom is 0.170 e. The van der Waals surface area contributed by atoms with Crippen molar-refractivity contribution in [3.05, 3.63) is 42.5 Å². The molecule has 2 heterocycles. The van der Waals surface area contributed by atoms with Crippen LogP contribution in [0.2, 0.25) is 0 Å². The molecule has 0 N–H and O–H groups in total. The van der Waals surface area contributed by atoms with E-state index >= 15 is 0 Å². The van der Waals surface area contributed by atoms with Crippen molar-refractivity contribution < 1.29 is 0 Å². The lowest BCUT2D eigenvalue weighted by Crippen LogP contribution is -2.26. The zero-order chi connectivity index (χ0) is 16.2. The normalized spacial score (nSPS) is 11.1. The molecule has 0 bridgehead atoms. The van der Waals surface area contributed by atoms with Crippen molar-refractivity contribution in [2.24, 2.45) is 0 Å². The van der Waals surface area contributed by atoms with Gasteiger partial charge in [-0.15, -0.1) is 0 Å². The zero-order valence-electron chi connectivity index (χ0n) is 14.0. The van der Waals surface area contributed by atoms with Gasteiger partial charge in [0.05, 0.1) is 0 Å². The topological polar surface area (TPSA) is 46.8 Å². The van der Waals surface area contributed by atoms with Crippen LogP contribution in [0.3, 0.4) is 0 Å². The second kappa shape index (κ2) is 6.77. The lowest BCUT2D eigenvalue weighted by molar-refractivity contribution is 0.735. The molecule has 0 aliphatic carbocycles. The zero-order valence-corrected chi connectivity index (χ0v) is 14.0. The monoisotopic (exact) mass is 309 g/mol. The average molecular weight is 309 g/mol. The van der Waals surface area contributed by atoms with Gasteiger partial charge in [0.25, 0.3) is 0 Å². The van der Waals surface area contributed by atoms with Crippen LogP contribution in [0.5, 0.6) is 0 Å². The first-order chi connectivity index (χ1) is 11.2. The molecule has 0 aliphatic heterocycles. The first-order valence-corrected chi connectivity index (χ1v) is 8.24. The summed E-state index contributed by atoms with van der Waals surface area (Å²) in [7, 11) is 0. The van der Waals surface area contributed by atoms with Gasteiger partial charge in [-0.3, -0.25) is 4.57 Å². The summed E-state index contributed by atoms with van der Waals surface area (Å²) in [6.07, 6.45) is 5.66. The highest BCUT2D eigenvalue weighted by Gasteiger charge is 2.15. The van der Waals surface area contributed by atoms with Crippen molar-refractivity contribution in [1.29, 1.82) is 0 Å². The van der Waals surface area contributed by atoms with Gasteiger partial charge in [-0.05, 0) is 37.5 Å². The predicted molar refractivity (Wildman–Crippen MR) is 94.2 cm³/mol. The quantitative estimate of drug-likeness (QED) is 0.696. The molecular weight excluding hydrogens is 286 g/mol. The fraction of sp³-hybridized carbons (Fsp3) is 0.389. The third-order valence-electron chi connectivity index (χ3n) is 3.88. The first-order valence-electron chi connectivity index (χ1n) is 8.24. The van der Waals surface area contributed by atoms with Crippen molar-refractivity contribution in [1.82, 2.24) is 19.5 Å². The summed E-state index contributed by atoms with van der Waals surface area (Å²) in [5.74, 6) is 0.935. The molecule has 0 radical (unpaired) electrons. The summed E-state index contributed by atoms with van der Waals surface area (Å²) < 4.78 is 2.03. The summed E-state index contributed by atoms with van der Waals surface area (Å²) >= 11 is 0. The Labute approximate surface area is 137 Å². The number of hydrogen-bond acceptors (Lipinski definition) is 4. The fourth-order valence-corrected chi connectivity index (χ4v) is 2.88. The molecule has 3 rings (SSSR count). The van der Waals surface area contributed by atoms with E-state index in [1.165, 1.54) is 5.56 Å². The van der Waals surface area contributed by atoms with E-state index in [2.05, 4.69) is 64.9 Å². The van der Waals surface area contributed by atoms with E-state index in [0.29, 0.717) is 0 Å². The van der Waals surface area contributed by atoms with Crippen LogP contribution in [0.1, 0.15) is 32.3 Å². The standard InChI is InChI=1S/C18H23N5/c1-4-9-22(10-5-2)17-16-18(20-12-19-17)23(13-21-16)15-8-6-7-14(3)11-15/h6-8,11-13H,4-5,9-10H2,1-3H3. The summed E-state index contributed by atoms with van der Waals surface area (Å²) in [6.45, 7) is 8.43. The fourth-order valence-electron chi connectivity index (χ4n) is 2.88. The third-order valence-corrected chi connectivity index (χ3v) is 3.88. The SMILES string of the molecule is CCCN(CCC)c1ncnc2c1ncn2-c1cccc(C)c1. The van der Waals surface area contributed by atoms with Crippen molar-refractivity contribution in [2.75, 3.05) is 18.0 Å². The van der Waals surface area contributed by atoms with Gasteiger partial charge in [0.15, 0.2) is 17.0 Å². The number of anilines is 1. The molecule has 5 heteroatoms. The van der Waals surface area contributed by atoms with Crippen LogP contribution >= 0.6 is 0 Å². The number of rotatable bonds is 6. The number of aromatic nitrogens is 4. The van der Waals surface area contributed by atoms with Gasteiger partial charge in [-0.1, -0.05) is 26.0 Å². The molecule has 5 nitrogen and oxygen atoms in total. The number of imidazole rings is 1. The maximum atomic E-state index is 4.61. The van der Waals surface area contributed by atoms with E-state index in [1.54, 1.807) is 6.33 Å². The minimum absolute atomic E-state index is 0.859. The van der Waals surface area contributed by atoms with Crippen molar-refractivity contribution in [3.8, 4) is 5.69 Å². The van der Waals surface area contributed by atoms with E-state index in [9.17, 15) is 0 Å². The number of benzene rings is 1. The molecule has 0 atom stereocenters. The van der Waals surface area contributed by atoms with Gasteiger partial charge in [0.1, 0.15) is 12.7 Å². The van der Waals surface area contributed by atoms with Crippen LogP contribution in [0.4, 0.5) is 5.82 Å². The summed E-state index contributed by atoms with van der Waals surface area (Å²) in [4.78, 5) is 15.9. The maximum absolute atomic E-state index is 4.61. The van der Waals surface area contributed by atoms with Crippen LogP contribution in [-0.2, 0) is 0 Å². The van der Waals surface area contributed by atoms with Gasteiger partial charge >= 0.3 is 0 Å². The Morgan fingerprint density at radius 1 is 1.04 bits per heavy atom. The predicted octanol–water partition coefficient (Wildman–Crippen LogP) is 3.75. The Bertz CT molecular complexity index is 787. The van der Waals surface area contributed by atoms with E-state index in [0.717, 1.165) is 48.6 Å². The lowest BCUT2D eigenvalue weighted by Gasteiger charge is -2.22. The highest BCUT2D eigenvalue weighted by atomic mass is 15.2. The van der Waals surface area contributed by atoms with Crippen molar-refractivity contribution in [3.63, 3.8) is 0 Å². The molecule has 1 aromatic carbocycles. The molecule has 0 fully saturated rings. The van der Waals surface area contributed by atoms with Crippen LogP contribution in [0.25, 0.3) is 16.9 Å². The molecule has 0 saturated carbocycles. The first kappa shape index (κ1) is 15.5. The molecule has 120 valence electrons. The van der Waals surface area contributed by atoms with Gasteiger partial charge in [0.2, 0.25) is 0 Å². The molecule has 3 aromatic rings. The highest BCUT2D eigenvalue weighted by molar-refractivity contribution is 5.84. The number of aryl methyl sites for hydroxylation is 1. The summed E-state index contributed by atoms with van der Waals surface area (Å²) in [5, 5.41) is 0. The van der Waals surface area contributed by atoms with Crippen LogP contribution < -0.4 is 4.90 Å². The van der Waals surface area contributed by atoms with Gasteiger partial charge < -0.3 is 4.90 Å². The Balaban J connectivity index is 2.10. The van der Waals surface area contributed by atoms with Gasteiger partial charge in [0, 0.05) is 18.8 Å². The average Bonchev–Trinajstić information content (AvgIpc) is 2.99. The van der Waals surface area contributed by atoms with Crippen LogP contribution in [0, 0.1) is 6.92 Å². The summed E-state index contributed by atoms with van der Waals surface area (Å²) in [6, 6.07) is 8.36. The molecule has 0 saturated heterocycles. The smallest absolute Gasteiger partial charge is 0.170 e. The lowest BCUT2D eigenvalue weighted by atomic mass is 10.2. The molecular formula is C18H23N5. The third kappa shape index (κ3) is 3.04. The van der Waals surface area contributed by atoms with Gasteiger partial charge in [-0.25, -0.2) is 15.0 Å². The Morgan fingerprint density at radius 3 is 2.52 bits per heavy atom. The number of hydrogen-bond donors (Lipinski definition) is 0. The second-order valence-corrected chi connectivity index (χ2v) is 5.81. The largest absolute Gasteiger partial charge is 0.355 e. The highest BCUT2D eigenvalue weighted by Crippen LogP contribution is 2.24. The molecule has 23 heavy (non-hydrogen) atoms. The Morgan fingerprint density at radius 2 is 1.83 bits per heavy atom. The van der Waals surface area contributed by atoms with Crippen LogP contribution in [0.15, 0.2) is 36.9 Å². The molecule has 0 aliphatic rings. The van der Waals surface area contributed by atoms with Crippen molar-refractivity contribution >= 4 is 17.0 Å². The minimum Gasteiger partial charge on any atom is -0.355 e. The Hall–Kier alpha value is -2.43. The Kier molecular flexibility index (Phi) is 4.55. The van der Waals surface area contributed by atoms with Gasteiger partial charge in [-0.2, -0.15) is 0 Å².